The van der Waals surface area contributed by atoms with Crippen molar-refractivity contribution in [1.29, 1.82) is 0 Å². The van der Waals surface area contributed by atoms with Crippen molar-refractivity contribution in [1.82, 2.24) is 9.88 Å². The molecule has 3 rings (SSSR count). The molecule has 1 N–H and O–H groups in total. The number of β-amino-alcohol motifs (C(OH)–C–C–N with tert-alkyl or cyclic N) is 1. The molecule has 122 valence electrons. The van der Waals surface area contributed by atoms with Crippen LogP contribution in [0.1, 0.15) is 19.3 Å². The molecule has 1 aliphatic rings. The molecular weight excluding hydrogens is 288 g/mol. The van der Waals surface area contributed by atoms with Crippen molar-refractivity contribution < 1.29 is 9.84 Å². The van der Waals surface area contributed by atoms with Gasteiger partial charge in [-0.05, 0) is 49.7 Å². The number of hydrogen-bond donors (Lipinski definition) is 1. The first-order valence-corrected chi connectivity index (χ1v) is 8.35. The van der Waals surface area contributed by atoms with Gasteiger partial charge in [-0.1, -0.05) is 24.6 Å². The minimum Gasteiger partial charge on any atom is -0.490 e. The van der Waals surface area contributed by atoms with Crippen molar-refractivity contribution in [2.24, 2.45) is 0 Å². The summed E-state index contributed by atoms with van der Waals surface area (Å²) in [6.07, 6.45) is 6.87. The Bertz CT molecular complexity index is 597. The second-order valence-electron chi connectivity index (χ2n) is 6.06. The van der Waals surface area contributed by atoms with Gasteiger partial charge in [0.05, 0.1) is 0 Å². The molecule has 1 fully saturated rings. The maximum Gasteiger partial charge on any atom is 0.127 e. The molecule has 1 aromatic heterocycles. The molecule has 4 heteroatoms. The van der Waals surface area contributed by atoms with Crippen LogP contribution in [0.5, 0.6) is 5.75 Å². The van der Waals surface area contributed by atoms with E-state index in [0.29, 0.717) is 13.2 Å². The van der Waals surface area contributed by atoms with Crippen LogP contribution in [0.25, 0.3) is 11.1 Å². The molecule has 0 saturated carbocycles. The van der Waals surface area contributed by atoms with E-state index in [0.717, 1.165) is 30.0 Å². The number of pyridine rings is 1. The number of nitrogens with zero attached hydrogens (tertiary/aromatic N) is 2. The minimum absolute atomic E-state index is 0.318. The largest absolute Gasteiger partial charge is 0.490 e. The fraction of sp³-hybridized carbons (Fsp3) is 0.421. The molecule has 23 heavy (non-hydrogen) atoms. The maximum atomic E-state index is 10.2. The second-order valence-corrected chi connectivity index (χ2v) is 6.06. The van der Waals surface area contributed by atoms with Crippen LogP contribution in [-0.4, -0.2) is 47.3 Å². The van der Waals surface area contributed by atoms with Crippen molar-refractivity contribution in [3.8, 4) is 16.9 Å². The maximum absolute atomic E-state index is 10.2. The lowest BCUT2D eigenvalue weighted by Crippen LogP contribution is -2.38. The highest BCUT2D eigenvalue weighted by molar-refractivity contribution is 5.69. The van der Waals surface area contributed by atoms with Gasteiger partial charge in [-0.3, -0.25) is 4.98 Å². The number of piperidine rings is 1. The molecule has 0 aliphatic carbocycles. The predicted octanol–water partition coefficient (Wildman–Crippen LogP) is 2.97. The Kier molecular flexibility index (Phi) is 5.61. The number of aromatic nitrogens is 1. The molecule has 1 aliphatic heterocycles. The third-order valence-corrected chi connectivity index (χ3v) is 4.23. The Balaban J connectivity index is 1.60. The first kappa shape index (κ1) is 16.0. The molecule has 2 aromatic rings. The smallest absolute Gasteiger partial charge is 0.127 e. The van der Waals surface area contributed by atoms with E-state index in [2.05, 4.69) is 9.88 Å². The summed E-state index contributed by atoms with van der Waals surface area (Å²) in [6.45, 7) is 3.19. The van der Waals surface area contributed by atoms with Crippen LogP contribution in [0.3, 0.4) is 0 Å². The lowest BCUT2D eigenvalue weighted by molar-refractivity contribution is 0.0619. The monoisotopic (exact) mass is 312 g/mol. The predicted molar refractivity (Wildman–Crippen MR) is 91.5 cm³/mol. The highest BCUT2D eigenvalue weighted by atomic mass is 16.5. The van der Waals surface area contributed by atoms with E-state index in [4.69, 9.17) is 4.74 Å². The Labute approximate surface area is 137 Å². The molecule has 1 unspecified atom stereocenters. The highest BCUT2D eigenvalue weighted by Gasteiger charge is 2.15. The van der Waals surface area contributed by atoms with Crippen LogP contribution in [0, 0.1) is 0 Å². The summed E-state index contributed by atoms with van der Waals surface area (Å²) in [7, 11) is 0. The van der Waals surface area contributed by atoms with Crippen LogP contribution in [0.2, 0.25) is 0 Å². The first-order valence-electron chi connectivity index (χ1n) is 8.35. The van der Waals surface area contributed by atoms with Gasteiger partial charge >= 0.3 is 0 Å². The van der Waals surface area contributed by atoms with E-state index in [-0.39, 0.29) is 0 Å². The van der Waals surface area contributed by atoms with E-state index in [1.54, 1.807) is 12.4 Å². The quantitative estimate of drug-likeness (QED) is 0.891. The molecule has 1 atom stereocenters. The van der Waals surface area contributed by atoms with Crippen LogP contribution in [-0.2, 0) is 0 Å². The number of benzene rings is 1. The lowest BCUT2D eigenvalue weighted by atomic mass is 10.1. The summed E-state index contributed by atoms with van der Waals surface area (Å²) in [5.41, 5.74) is 2.10. The van der Waals surface area contributed by atoms with Gasteiger partial charge in [0.25, 0.3) is 0 Å². The normalized spacial score (nSPS) is 16.9. The number of ether oxygens (including phenoxy) is 1. The zero-order chi connectivity index (χ0) is 15.9. The minimum atomic E-state index is -0.460. The van der Waals surface area contributed by atoms with Crippen LogP contribution in [0.15, 0.2) is 48.8 Å². The lowest BCUT2D eigenvalue weighted by Gasteiger charge is -2.28. The molecule has 0 amide bonds. The number of likely N-dealkylation sites (tertiary alicyclic amines) is 1. The molecule has 0 spiro atoms. The molecule has 2 heterocycles. The Hall–Kier alpha value is -1.91. The van der Waals surface area contributed by atoms with Crippen LogP contribution in [0.4, 0.5) is 0 Å². The Morgan fingerprint density at radius 3 is 2.57 bits per heavy atom. The highest BCUT2D eigenvalue weighted by Crippen LogP contribution is 2.29. The summed E-state index contributed by atoms with van der Waals surface area (Å²) in [5, 5.41) is 10.2. The van der Waals surface area contributed by atoms with E-state index in [9.17, 15) is 5.11 Å². The fourth-order valence-electron chi connectivity index (χ4n) is 3.04. The van der Waals surface area contributed by atoms with Crippen molar-refractivity contribution in [3.63, 3.8) is 0 Å². The Morgan fingerprint density at radius 1 is 1.04 bits per heavy atom. The molecule has 0 bridgehead atoms. The molecule has 1 saturated heterocycles. The summed E-state index contributed by atoms with van der Waals surface area (Å²) < 4.78 is 5.90. The third-order valence-electron chi connectivity index (χ3n) is 4.23. The SMILES string of the molecule is OC(COc1ccccc1-c1ccncc1)CN1CCCCC1. The molecule has 4 nitrogen and oxygen atoms in total. The van der Waals surface area contributed by atoms with Gasteiger partial charge in [0, 0.05) is 24.5 Å². The van der Waals surface area contributed by atoms with E-state index >= 15 is 0 Å². The van der Waals surface area contributed by atoms with Crippen molar-refractivity contribution in [2.75, 3.05) is 26.2 Å². The topological polar surface area (TPSA) is 45.6 Å². The van der Waals surface area contributed by atoms with Crippen LogP contribution >= 0.6 is 0 Å². The van der Waals surface area contributed by atoms with E-state index in [1.807, 2.05) is 36.4 Å². The van der Waals surface area contributed by atoms with Crippen molar-refractivity contribution in [2.45, 2.75) is 25.4 Å². The fourth-order valence-corrected chi connectivity index (χ4v) is 3.04. The summed E-state index contributed by atoms with van der Waals surface area (Å²) >= 11 is 0. The average molecular weight is 312 g/mol. The van der Waals surface area contributed by atoms with Gasteiger partial charge in [0.1, 0.15) is 18.5 Å². The molecular formula is C19H24N2O2. The number of aliphatic hydroxyl groups is 1. The van der Waals surface area contributed by atoms with E-state index in [1.165, 1.54) is 19.3 Å². The summed E-state index contributed by atoms with van der Waals surface area (Å²) in [4.78, 5) is 6.38. The van der Waals surface area contributed by atoms with Gasteiger partial charge < -0.3 is 14.7 Å². The number of aliphatic hydroxyl groups excluding tert-OH is 1. The number of para-hydroxylation sites is 1. The van der Waals surface area contributed by atoms with Gasteiger partial charge in [-0.15, -0.1) is 0 Å². The summed E-state index contributed by atoms with van der Waals surface area (Å²) in [6, 6.07) is 11.9. The standard InChI is InChI=1S/C19H24N2O2/c22-17(14-21-12-4-1-5-13-21)15-23-19-7-3-2-6-18(19)16-8-10-20-11-9-16/h2-3,6-11,17,22H,1,4-5,12-15H2. The van der Waals surface area contributed by atoms with Gasteiger partial charge in [-0.25, -0.2) is 0 Å². The summed E-state index contributed by atoms with van der Waals surface area (Å²) in [5.74, 6) is 0.802. The van der Waals surface area contributed by atoms with E-state index < -0.39 is 6.10 Å². The number of hydrogen-bond acceptors (Lipinski definition) is 4. The van der Waals surface area contributed by atoms with Gasteiger partial charge in [-0.2, -0.15) is 0 Å². The third kappa shape index (κ3) is 4.53. The van der Waals surface area contributed by atoms with Crippen molar-refractivity contribution in [3.05, 3.63) is 48.8 Å². The van der Waals surface area contributed by atoms with Gasteiger partial charge in [0.2, 0.25) is 0 Å². The first-order chi connectivity index (χ1) is 11.3. The molecule has 1 aromatic carbocycles. The average Bonchev–Trinajstić information content (AvgIpc) is 2.62. The second kappa shape index (κ2) is 8.09. The number of rotatable bonds is 6. The molecule has 0 radical (unpaired) electrons. The van der Waals surface area contributed by atoms with Gasteiger partial charge in [0.15, 0.2) is 0 Å². The van der Waals surface area contributed by atoms with Crippen molar-refractivity contribution >= 4 is 0 Å². The van der Waals surface area contributed by atoms with Crippen LogP contribution < -0.4 is 4.74 Å². The Morgan fingerprint density at radius 2 is 1.78 bits per heavy atom. The zero-order valence-corrected chi connectivity index (χ0v) is 13.4. The zero-order valence-electron chi connectivity index (χ0n) is 13.4.